The molecule has 2 aliphatic rings. The van der Waals surface area contributed by atoms with E-state index in [0.717, 1.165) is 0 Å². The van der Waals surface area contributed by atoms with Crippen molar-refractivity contribution in [3.63, 3.8) is 0 Å². The Labute approximate surface area is 184 Å². The monoisotopic (exact) mass is 408 g/mol. The van der Waals surface area contributed by atoms with E-state index in [-0.39, 0.29) is 0 Å². The van der Waals surface area contributed by atoms with E-state index in [1.165, 1.54) is 79.5 Å². The molecule has 0 spiro atoms. The van der Waals surface area contributed by atoms with Crippen molar-refractivity contribution < 1.29 is 0 Å². The lowest BCUT2D eigenvalue weighted by molar-refractivity contribution is 0.619. The molecule has 9 rings (SSSR count). The lowest BCUT2D eigenvalue weighted by Gasteiger charge is -2.19. The van der Waals surface area contributed by atoms with Gasteiger partial charge in [0.25, 0.3) is 0 Å². The Morgan fingerprint density at radius 1 is 0.656 bits per heavy atom. The number of nitrogens with zero attached hydrogens (tertiary/aromatic N) is 2. The lowest BCUT2D eigenvalue weighted by Crippen LogP contribution is -2.07. The molecule has 0 N–H and O–H groups in total. The third-order valence-corrected chi connectivity index (χ3v) is 8.26. The first kappa shape index (κ1) is 15.9. The Bertz CT molecular complexity index is 1910. The van der Waals surface area contributed by atoms with E-state index < -0.39 is 0 Å². The molecule has 0 radical (unpaired) electrons. The van der Waals surface area contributed by atoms with E-state index >= 15 is 0 Å². The average molecular weight is 409 g/mol. The van der Waals surface area contributed by atoms with Gasteiger partial charge in [0.1, 0.15) is 0 Å². The summed E-state index contributed by atoms with van der Waals surface area (Å²) in [6.45, 7) is 0. The number of rotatable bonds is 0. The van der Waals surface area contributed by atoms with E-state index in [9.17, 15) is 0 Å². The summed E-state index contributed by atoms with van der Waals surface area (Å²) in [5.41, 5.74) is 11.5. The molecule has 1 atom stereocenters. The summed E-state index contributed by atoms with van der Waals surface area (Å²) in [4.78, 5) is 0. The normalized spacial score (nSPS) is 17.3. The van der Waals surface area contributed by atoms with Crippen molar-refractivity contribution in [2.45, 2.75) is 25.2 Å². The van der Waals surface area contributed by atoms with Gasteiger partial charge >= 0.3 is 0 Å². The molecule has 2 nitrogen and oxygen atoms in total. The van der Waals surface area contributed by atoms with Crippen LogP contribution in [0.2, 0.25) is 0 Å². The fraction of sp³-hybridized carbons (Fsp3) is 0.133. The molecule has 150 valence electrons. The summed E-state index contributed by atoms with van der Waals surface area (Å²) in [6, 6.07) is 29.7. The van der Waals surface area contributed by atoms with Crippen molar-refractivity contribution in [3.8, 4) is 5.69 Å². The minimum Gasteiger partial charge on any atom is -0.312 e. The molecular weight excluding hydrogens is 388 g/mol. The summed E-state index contributed by atoms with van der Waals surface area (Å²) in [5, 5.41) is 6.90. The topological polar surface area (TPSA) is 9.34 Å². The fourth-order valence-corrected chi connectivity index (χ4v) is 7.09. The second kappa shape index (κ2) is 5.16. The van der Waals surface area contributed by atoms with Gasteiger partial charge in [-0.1, -0.05) is 54.6 Å². The smallest absolute Gasteiger partial charge is 0.0620 e. The predicted octanol–water partition coefficient (Wildman–Crippen LogP) is 7.56. The van der Waals surface area contributed by atoms with Gasteiger partial charge in [-0.15, -0.1) is 0 Å². The van der Waals surface area contributed by atoms with Crippen LogP contribution in [0.1, 0.15) is 35.6 Å². The molecule has 4 heterocycles. The molecule has 7 aromatic rings. The number of benzene rings is 4. The van der Waals surface area contributed by atoms with E-state index in [1.807, 2.05) is 0 Å². The van der Waals surface area contributed by atoms with Crippen LogP contribution in [0, 0.1) is 0 Å². The summed E-state index contributed by atoms with van der Waals surface area (Å²) in [5.74, 6) is 0.559. The van der Waals surface area contributed by atoms with Gasteiger partial charge in [-0.25, -0.2) is 0 Å². The Balaban J connectivity index is 1.54. The maximum atomic E-state index is 2.59. The molecule has 32 heavy (non-hydrogen) atoms. The molecule has 2 heteroatoms. The first-order valence-corrected chi connectivity index (χ1v) is 11.7. The Hall–Kier alpha value is -3.78. The minimum absolute atomic E-state index is 0.559. The zero-order chi connectivity index (χ0) is 20.6. The van der Waals surface area contributed by atoms with Gasteiger partial charge in [-0.05, 0) is 54.7 Å². The number of hydrogen-bond donors (Lipinski definition) is 0. The van der Waals surface area contributed by atoms with E-state index in [4.69, 9.17) is 0 Å². The first-order valence-electron chi connectivity index (χ1n) is 11.7. The van der Waals surface area contributed by atoms with Crippen molar-refractivity contribution in [3.05, 3.63) is 95.7 Å². The van der Waals surface area contributed by atoms with Gasteiger partial charge in [0.15, 0.2) is 0 Å². The zero-order valence-electron chi connectivity index (χ0n) is 17.6. The Morgan fingerprint density at radius 3 is 2.41 bits per heavy atom. The van der Waals surface area contributed by atoms with Crippen molar-refractivity contribution in [2.75, 3.05) is 0 Å². The molecule has 1 aliphatic heterocycles. The minimum atomic E-state index is 0.559. The van der Waals surface area contributed by atoms with Crippen LogP contribution in [0.25, 0.3) is 54.7 Å². The fourth-order valence-electron chi connectivity index (χ4n) is 7.09. The highest BCUT2D eigenvalue weighted by atomic mass is 15.0. The summed E-state index contributed by atoms with van der Waals surface area (Å²) in [7, 11) is 0. The predicted molar refractivity (Wildman–Crippen MR) is 133 cm³/mol. The van der Waals surface area contributed by atoms with Gasteiger partial charge in [0.2, 0.25) is 0 Å². The van der Waals surface area contributed by atoms with Crippen molar-refractivity contribution in [1.29, 1.82) is 0 Å². The van der Waals surface area contributed by atoms with E-state index in [1.54, 1.807) is 11.3 Å². The van der Waals surface area contributed by atoms with Crippen LogP contribution in [0.15, 0.2) is 78.9 Å². The van der Waals surface area contributed by atoms with E-state index in [2.05, 4.69) is 87.8 Å². The van der Waals surface area contributed by atoms with Crippen LogP contribution in [0.3, 0.4) is 0 Å². The molecule has 0 saturated heterocycles. The first-order chi connectivity index (χ1) is 15.9. The lowest BCUT2D eigenvalue weighted by atomic mass is 9.83. The van der Waals surface area contributed by atoms with Gasteiger partial charge < -0.3 is 8.97 Å². The number of para-hydroxylation sites is 3. The van der Waals surface area contributed by atoms with Crippen molar-refractivity contribution in [1.82, 2.24) is 8.97 Å². The Morgan fingerprint density at radius 2 is 1.44 bits per heavy atom. The number of fused-ring (bicyclic) bond motifs is 12. The van der Waals surface area contributed by atoms with E-state index in [0.29, 0.717) is 5.92 Å². The quantitative estimate of drug-likeness (QED) is 0.245. The molecule has 0 fully saturated rings. The SMILES string of the molecule is c1ccc2c(c1)C1CCCc3c1n-2c1cc2c4cccc5c6ccccc6n(c2cc31)c54. The van der Waals surface area contributed by atoms with Gasteiger partial charge in [0.05, 0.1) is 22.1 Å². The molecule has 4 aromatic carbocycles. The molecule has 0 bridgehead atoms. The average Bonchev–Trinajstić information content (AvgIpc) is 3.56. The third kappa shape index (κ3) is 1.60. The second-order valence-electron chi connectivity index (χ2n) is 9.64. The summed E-state index contributed by atoms with van der Waals surface area (Å²) in [6.07, 6.45) is 3.74. The largest absolute Gasteiger partial charge is 0.312 e. The van der Waals surface area contributed by atoms with Crippen LogP contribution in [0.5, 0.6) is 0 Å². The van der Waals surface area contributed by atoms with Gasteiger partial charge in [-0.2, -0.15) is 0 Å². The molecule has 0 amide bonds. The standard InChI is InChI=1S/C30H20N2/c1-3-13-25-17(7-1)19-9-5-11-21-23-16-28-24(15-27(23)31(25)29(19)21)22-12-6-10-20-18-8-2-4-14-26(18)32(28)30(20)22/h1-5,7-9,11,13-16,20H,6,10,12H2. The third-order valence-electron chi connectivity index (χ3n) is 8.26. The van der Waals surface area contributed by atoms with Crippen LogP contribution < -0.4 is 0 Å². The highest BCUT2D eigenvalue weighted by Crippen LogP contribution is 2.51. The van der Waals surface area contributed by atoms with Crippen LogP contribution in [-0.4, -0.2) is 8.97 Å². The highest BCUT2D eigenvalue weighted by Gasteiger charge is 2.36. The van der Waals surface area contributed by atoms with Crippen molar-refractivity contribution >= 4 is 49.0 Å². The molecule has 3 aromatic heterocycles. The molecule has 1 aliphatic carbocycles. The zero-order valence-corrected chi connectivity index (χ0v) is 17.6. The summed E-state index contributed by atoms with van der Waals surface area (Å²) >= 11 is 0. The van der Waals surface area contributed by atoms with Crippen molar-refractivity contribution in [2.24, 2.45) is 0 Å². The number of aryl methyl sites for hydroxylation is 1. The molecule has 0 saturated carbocycles. The van der Waals surface area contributed by atoms with Crippen LogP contribution in [-0.2, 0) is 6.42 Å². The number of aromatic nitrogens is 2. The molecular formula is C30H20N2. The molecule has 1 unspecified atom stereocenters. The van der Waals surface area contributed by atoms with Gasteiger partial charge in [0, 0.05) is 44.2 Å². The van der Waals surface area contributed by atoms with Crippen LogP contribution >= 0.6 is 0 Å². The number of hydrogen-bond acceptors (Lipinski definition) is 0. The van der Waals surface area contributed by atoms with Crippen LogP contribution in [0.4, 0.5) is 0 Å². The Kier molecular flexibility index (Phi) is 2.57. The highest BCUT2D eigenvalue weighted by molar-refractivity contribution is 6.24. The maximum Gasteiger partial charge on any atom is 0.0620 e. The summed E-state index contributed by atoms with van der Waals surface area (Å²) < 4.78 is 5.11. The maximum absolute atomic E-state index is 2.59. The van der Waals surface area contributed by atoms with Gasteiger partial charge in [-0.3, -0.25) is 0 Å². The second-order valence-corrected chi connectivity index (χ2v) is 9.64.